The lowest BCUT2D eigenvalue weighted by Crippen LogP contribution is -2.14. The lowest BCUT2D eigenvalue weighted by Gasteiger charge is -2.07. The van der Waals surface area contributed by atoms with E-state index in [2.05, 4.69) is 36.5 Å². The summed E-state index contributed by atoms with van der Waals surface area (Å²) in [5.41, 5.74) is 8.61. The van der Waals surface area contributed by atoms with Crippen LogP contribution >= 0.6 is 0 Å². The second kappa shape index (κ2) is 7.41. The second-order valence-electron chi connectivity index (χ2n) is 5.16. The Morgan fingerprint density at radius 3 is 2.36 bits per heavy atom. The van der Waals surface area contributed by atoms with Crippen LogP contribution in [-0.4, -0.2) is 11.8 Å². The number of rotatable bonds is 6. The average molecular weight is 296 g/mol. The van der Waals surface area contributed by atoms with Crippen LogP contribution in [0.1, 0.15) is 34.8 Å². The van der Waals surface area contributed by atoms with Gasteiger partial charge in [0.1, 0.15) is 0 Å². The first-order chi connectivity index (χ1) is 10.6. The summed E-state index contributed by atoms with van der Waals surface area (Å²) in [7, 11) is 0. The zero-order chi connectivity index (χ0) is 15.9. The Labute approximate surface area is 130 Å². The number of carbonyl (C=O) groups is 2. The van der Waals surface area contributed by atoms with E-state index in [1.807, 2.05) is 0 Å². The van der Waals surface area contributed by atoms with Gasteiger partial charge in [0.05, 0.1) is 0 Å². The number of carbonyl (C=O) groups excluding carboxylic acids is 2. The number of amides is 2. The summed E-state index contributed by atoms with van der Waals surface area (Å²) in [6.07, 6.45) is 2.09. The number of hydrogen-bond acceptors (Lipinski definition) is 2. The molecule has 0 saturated heterocycles. The van der Waals surface area contributed by atoms with Gasteiger partial charge < -0.3 is 11.1 Å². The van der Waals surface area contributed by atoms with Crippen molar-refractivity contribution in [3.63, 3.8) is 0 Å². The average Bonchev–Trinajstić information content (AvgIpc) is 2.53. The number of hydrogen-bond donors (Lipinski definition) is 2. The molecule has 0 heterocycles. The van der Waals surface area contributed by atoms with Crippen molar-refractivity contribution >= 4 is 17.5 Å². The maximum atomic E-state index is 12.0. The Bertz CT molecular complexity index is 663. The monoisotopic (exact) mass is 296 g/mol. The van der Waals surface area contributed by atoms with Gasteiger partial charge in [-0.05, 0) is 42.2 Å². The minimum absolute atomic E-state index is 0.0822. The molecule has 4 nitrogen and oxygen atoms in total. The maximum absolute atomic E-state index is 12.0. The number of primary amides is 1. The third-order valence-electron chi connectivity index (χ3n) is 3.50. The Balaban J connectivity index is 1.89. The zero-order valence-electron chi connectivity index (χ0n) is 12.6. The number of anilines is 1. The van der Waals surface area contributed by atoms with Crippen molar-refractivity contribution in [1.82, 2.24) is 0 Å². The second-order valence-corrected chi connectivity index (χ2v) is 5.16. The predicted octanol–water partition coefficient (Wildman–Crippen LogP) is 2.92. The molecule has 3 N–H and O–H groups in total. The standard InChI is InChI=1S/C18H20N2O2/c1-2-13-6-8-14(9-7-13)10-11-17(21)20-16-5-3-4-15(12-16)18(19)22/h3-9,12H,2,10-11H2,1H3,(H2,19,22)(H,20,21). The van der Waals surface area contributed by atoms with Crippen LogP contribution in [0.5, 0.6) is 0 Å². The lowest BCUT2D eigenvalue weighted by molar-refractivity contribution is -0.116. The van der Waals surface area contributed by atoms with Crippen LogP contribution < -0.4 is 11.1 Å². The molecular formula is C18H20N2O2. The fraction of sp³-hybridized carbons (Fsp3) is 0.222. The maximum Gasteiger partial charge on any atom is 0.248 e. The Morgan fingerprint density at radius 2 is 1.73 bits per heavy atom. The molecule has 22 heavy (non-hydrogen) atoms. The normalized spacial score (nSPS) is 10.2. The van der Waals surface area contributed by atoms with Gasteiger partial charge in [-0.1, -0.05) is 37.3 Å². The molecule has 0 unspecified atom stereocenters. The van der Waals surface area contributed by atoms with E-state index in [-0.39, 0.29) is 5.91 Å². The SMILES string of the molecule is CCc1ccc(CCC(=O)Nc2cccc(C(N)=O)c2)cc1. The minimum Gasteiger partial charge on any atom is -0.366 e. The molecule has 2 aromatic carbocycles. The number of aryl methyl sites for hydroxylation is 2. The molecule has 0 spiro atoms. The summed E-state index contributed by atoms with van der Waals surface area (Å²) in [6.45, 7) is 2.11. The molecule has 0 radical (unpaired) electrons. The van der Waals surface area contributed by atoms with Crippen molar-refractivity contribution in [3.8, 4) is 0 Å². The van der Waals surface area contributed by atoms with Crippen molar-refractivity contribution in [2.45, 2.75) is 26.2 Å². The molecule has 0 saturated carbocycles. The molecule has 2 rings (SSSR count). The first kappa shape index (κ1) is 15.8. The van der Waals surface area contributed by atoms with Gasteiger partial charge in [-0.3, -0.25) is 9.59 Å². The van der Waals surface area contributed by atoms with E-state index in [1.54, 1.807) is 24.3 Å². The van der Waals surface area contributed by atoms with Gasteiger partial charge in [0, 0.05) is 17.7 Å². The Hall–Kier alpha value is -2.62. The summed E-state index contributed by atoms with van der Waals surface area (Å²) in [5, 5.41) is 2.78. The molecule has 2 amide bonds. The van der Waals surface area contributed by atoms with Gasteiger partial charge in [0.25, 0.3) is 0 Å². The van der Waals surface area contributed by atoms with Gasteiger partial charge in [0.2, 0.25) is 11.8 Å². The summed E-state index contributed by atoms with van der Waals surface area (Å²) in [6, 6.07) is 14.9. The van der Waals surface area contributed by atoms with Crippen molar-refractivity contribution < 1.29 is 9.59 Å². The highest BCUT2D eigenvalue weighted by Gasteiger charge is 2.06. The molecule has 0 aliphatic rings. The molecule has 2 aromatic rings. The van der Waals surface area contributed by atoms with Gasteiger partial charge in [-0.2, -0.15) is 0 Å². The van der Waals surface area contributed by atoms with Crippen molar-refractivity contribution in [2.24, 2.45) is 5.73 Å². The number of nitrogens with two attached hydrogens (primary N) is 1. The third kappa shape index (κ3) is 4.45. The van der Waals surface area contributed by atoms with E-state index in [4.69, 9.17) is 5.73 Å². The van der Waals surface area contributed by atoms with Crippen LogP contribution in [0.15, 0.2) is 48.5 Å². The van der Waals surface area contributed by atoms with Crippen LogP contribution in [-0.2, 0) is 17.6 Å². The lowest BCUT2D eigenvalue weighted by atomic mass is 10.1. The summed E-state index contributed by atoms with van der Waals surface area (Å²) in [5.74, 6) is -0.590. The molecule has 0 aliphatic heterocycles. The van der Waals surface area contributed by atoms with Crippen LogP contribution in [0.4, 0.5) is 5.69 Å². The first-order valence-electron chi connectivity index (χ1n) is 7.36. The highest BCUT2D eigenvalue weighted by Crippen LogP contribution is 2.12. The van der Waals surface area contributed by atoms with Crippen molar-refractivity contribution in [1.29, 1.82) is 0 Å². The summed E-state index contributed by atoms with van der Waals surface area (Å²) >= 11 is 0. The zero-order valence-corrected chi connectivity index (χ0v) is 12.6. The topological polar surface area (TPSA) is 72.2 Å². The highest BCUT2D eigenvalue weighted by atomic mass is 16.2. The molecule has 114 valence electrons. The number of nitrogens with one attached hydrogen (secondary N) is 1. The predicted molar refractivity (Wildman–Crippen MR) is 87.7 cm³/mol. The van der Waals surface area contributed by atoms with E-state index < -0.39 is 5.91 Å². The van der Waals surface area contributed by atoms with Crippen molar-refractivity contribution in [2.75, 3.05) is 5.32 Å². The van der Waals surface area contributed by atoms with Crippen LogP contribution in [0, 0.1) is 0 Å². The molecule has 0 atom stereocenters. The third-order valence-corrected chi connectivity index (χ3v) is 3.50. The number of benzene rings is 2. The smallest absolute Gasteiger partial charge is 0.248 e. The molecular weight excluding hydrogens is 276 g/mol. The van der Waals surface area contributed by atoms with Crippen LogP contribution in [0.3, 0.4) is 0 Å². The van der Waals surface area contributed by atoms with Gasteiger partial charge >= 0.3 is 0 Å². The van der Waals surface area contributed by atoms with Crippen LogP contribution in [0.25, 0.3) is 0 Å². The molecule has 0 aromatic heterocycles. The van der Waals surface area contributed by atoms with E-state index in [1.165, 1.54) is 5.56 Å². The Kier molecular flexibility index (Phi) is 5.31. The largest absolute Gasteiger partial charge is 0.366 e. The molecule has 0 fully saturated rings. The fourth-order valence-electron chi connectivity index (χ4n) is 2.17. The minimum atomic E-state index is -0.507. The first-order valence-corrected chi connectivity index (χ1v) is 7.36. The van der Waals surface area contributed by atoms with Gasteiger partial charge in [-0.15, -0.1) is 0 Å². The van der Waals surface area contributed by atoms with Crippen LogP contribution in [0.2, 0.25) is 0 Å². The highest BCUT2D eigenvalue weighted by molar-refractivity contribution is 5.96. The molecule has 0 aliphatic carbocycles. The van der Waals surface area contributed by atoms with Gasteiger partial charge in [-0.25, -0.2) is 0 Å². The quantitative estimate of drug-likeness (QED) is 0.860. The van der Waals surface area contributed by atoms with Gasteiger partial charge in [0.15, 0.2) is 0 Å². The fourth-order valence-corrected chi connectivity index (χ4v) is 2.17. The van der Waals surface area contributed by atoms with Crippen molar-refractivity contribution in [3.05, 3.63) is 65.2 Å². The molecule has 0 bridgehead atoms. The van der Waals surface area contributed by atoms with E-state index in [0.29, 0.717) is 24.1 Å². The van der Waals surface area contributed by atoms with E-state index in [9.17, 15) is 9.59 Å². The van der Waals surface area contributed by atoms with E-state index >= 15 is 0 Å². The van der Waals surface area contributed by atoms with E-state index in [0.717, 1.165) is 12.0 Å². The summed E-state index contributed by atoms with van der Waals surface area (Å²) < 4.78 is 0. The Morgan fingerprint density at radius 1 is 1.05 bits per heavy atom. The molecule has 4 heteroatoms. The summed E-state index contributed by atoms with van der Waals surface area (Å²) in [4.78, 5) is 23.1.